The van der Waals surface area contributed by atoms with Crippen LogP contribution >= 0.6 is 0 Å². The number of rotatable bonds is 6. The first-order valence-electron chi connectivity index (χ1n) is 8.75. The summed E-state index contributed by atoms with van der Waals surface area (Å²) in [5, 5.41) is 8.33. The third-order valence-electron chi connectivity index (χ3n) is 4.59. The average Bonchev–Trinajstić information content (AvgIpc) is 3.29. The Morgan fingerprint density at radius 2 is 2.12 bits per heavy atom. The Morgan fingerprint density at radius 1 is 1.20 bits per heavy atom. The Kier molecular flexibility index (Phi) is 4.83. The van der Waals surface area contributed by atoms with Crippen molar-refractivity contribution in [3.63, 3.8) is 0 Å². The monoisotopic (exact) mass is 338 g/mol. The van der Waals surface area contributed by atoms with Crippen LogP contribution in [0.4, 0.5) is 0 Å². The summed E-state index contributed by atoms with van der Waals surface area (Å²) >= 11 is 0. The van der Waals surface area contributed by atoms with Crippen molar-refractivity contribution >= 4 is 0 Å². The fraction of sp³-hybridized carbons (Fsp3) is 0.444. The summed E-state index contributed by atoms with van der Waals surface area (Å²) in [6.07, 6.45) is 6.49. The number of nitrogens with zero attached hydrogens (tertiary/aromatic N) is 6. The van der Waals surface area contributed by atoms with E-state index < -0.39 is 0 Å². The van der Waals surface area contributed by atoms with Crippen LogP contribution in [0.15, 0.2) is 47.5 Å². The molecular weight excluding hydrogens is 316 g/mol. The second kappa shape index (κ2) is 7.57. The van der Waals surface area contributed by atoms with Crippen molar-refractivity contribution < 1.29 is 4.52 Å². The molecule has 0 bridgehead atoms. The van der Waals surface area contributed by atoms with Crippen molar-refractivity contribution in [3.05, 3.63) is 60.3 Å². The van der Waals surface area contributed by atoms with Crippen LogP contribution in [-0.2, 0) is 19.5 Å². The number of hydrogen-bond donors (Lipinski definition) is 0. The lowest BCUT2D eigenvalue weighted by Gasteiger charge is -2.31. The van der Waals surface area contributed by atoms with Crippen LogP contribution in [0, 0.1) is 5.92 Å². The molecule has 2 aromatic heterocycles. The first-order chi connectivity index (χ1) is 12.3. The van der Waals surface area contributed by atoms with Gasteiger partial charge in [-0.25, -0.2) is 4.98 Å². The topological polar surface area (TPSA) is 72.9 Å². The predicted octanol–water partition coefficient (Wildman–Crippen LogP) is 2.16. The second-order valence-corrected chi connectivity index (χ2v) is 6.63. The van der Waals surface area contributed by atoms with Crippen molar-refractivity contribution in [3.8, 4) is 0 Å². The van der Waals surface area contributed by atoms with Crippen molar-refractivity contribution in [1.82, 2.24) is 29.8 Å². The van der Waals surface area contributed by atoms with E-state index >= 15 is 0 Å². The van der Waals surface area contributed by atoms with Gasteiger partial charge in [0.05, 0.1) is 6.54 Å². The van der Waals surface area contributed by atoms with Gasteiger partial charge in [-0.3, -0.25) is 9.58 Å². The molecule has 25 heavy (non-hydrogen) atoms. The molecule has 0 amide bonds. The standard InChI is InChI=1S/C18H22N6O/c1-2-5-15(6-3-1)9-17-21-18(25-22-17)12-23-8-4-7-16(10-23)11-24-14-19-13-20-24/h1-3,5-6,13-14,16H,4,7-12H2/t16-/m0/s1. The Morgan fingerprint density at radius 3 is 2.96 bits per heavy atom. The molecule has 7 heteroatoms. The first-order valence-corrected chi connectivity index (χ1v) is 8.75. The molecule has 1 saturated heterocycles. The van der Waals surface area contributed by atoms with E-state index in [0.717, 1.165) is 32.0 Å². The van der Waals surface area contributed by atoms with E-state index in [0.29, 0.717) is 18.2 Å². The van der Waals surface area contributed by atoms with Crippen molar-refractivity contribution in [1.29, 1.82) is 0 Å². The number of hydrogen-bond acceptors (Lipinski definition) is 6. The van der Waals surface area contributed by atoms with Gasteiger partial charge in [-0.1, -0.05) is 35.5 Å². The zero-order chi connectivity index (χ0) is 16.9. The van der Waals surface area contributed by atoms with Gasteiger partial charge in [0.25, 0.3) is 0 Å². The van der Waals surface area contributed by atoms with E-state index in [4.69, 9.17) is 4.52 Å². The molecule has 0 spiro atoms. The summed E-state index contributed by atoms with van der Waals surface area (Å²) in [5.41, 5.74) is 1.20. The molecule has 0 saturated carbocycles. The van der Waals surface area contributed by atoms with E-state index in [2.05, 4.69) is 37.3 Å². The van der Waals surface area contributed by atoms with Crippen molar-refractivity contribution in [2.24, 2.45) is 5.92 Å². The molecule has 0 N–H and O–H groups in total. The van der Waals surface area contributed by atoms with Crippen LogP contribution in [0.3, 0.4) is 0 Å². The Balaban J connectivity index is 1.32. The van der Waals surface area contributed by atoms with Gasteiger partial charge >= 0.3 is 0 Å². The third kappa shape index (κ3) is 4.30. The van der Waals surface area contributed by atoms with Gasteiger partial charge in [-0.15, -0.1) is 0 Å². The minimum Gasteiger partial charge on any atom is -0.338 e. The van der Waals surface area contributed by atoms with E-state index in [9.17, 15) is 0 Å². The zero-order valence-corrected chi connectivity index (χ0v) is 14.2. The molecule has 1 atom stereocenters. The molecule has 1 aromatic carbocycles. The van der Waals surface area contributed by atoms with Crippen LogP contribution in [0.2, 0.25) is 0 Å². The highest BCUT2D eigenvalue weighted by molar-refractivity contribution is 5.18. The fourth-order valence-corrected chi connectivity index (χ4v) is 3.43. The van der Waals surface area contributed by atoms with Crippen LogP contribution in [-0.4, -0.2) is 42.9 Å². The summed E-state index contributed by atoms with van der Waals surface area (Å²) in [5.74, 6) is 2.03. The summed E-state index contributed by atoms with van der Waals surface area (Å²) in [7, 11) is 0. The maximum Gasteiger partial charge on any atom is 0.240 e. The number of piperidine rings is 1. The molecule has 0 radical (unpaired) electrons. The highest BCUT2D eigenvalue weighted by Crippen LogP contribution is 2.19. The van der Waals surface area contributed by atoms with Crippen LogP contribution < -0.4 is 0 Å². The molecule has 3 heterocycles. The quantitative estimate of drug-likeness (QED) is 0.686. The van der Waals surface area contributed by atoms with Gasteiger partial charge in [0.2, 0.25) is 5.89 Å². The third-order valence-corrected chi connectivity index (χ3v) is 4.59. The molecule has 3 aromatic rings. The Hall–Kier alpha value is -2.54. The molecule has 130 valence electrons. The van der Waals surface area contributed by atoms with E-state index in [1.54, 1.807) is 12.7 Å². The summed E-state index contributed by atoms with van der Waals surface area (Å²) in [6.45, 7) is 3.73. The minimum atomic E-state index is 0.585. The normalized spacial score (nSPS) is 18.5. The minimum absolute atomic E-state index is 0.585. The van der Waals surface area contributed by atoms with E-state index in [1.807, 2.05) is 22.9 Å². The SMILES string of the molecule is c1ccc(Cc2noc(CN3CCC[C@H](Cn4cncn4)C3)n2)cc1. The molecule has 1 fully saturated rings. The lowest BCUT2D eigenvalue weighted by Crippen LogP contribution is -2.36. The Bertz CT molecular complexity index is 770. The zero-order valence-electron chi connectivity index (χ0n) is 14.2. The molecule has 7 nitrogen and oxygen atoms in total. The largest absolute Gasteiger partial charge is 0.338 e. The number of aromatic nitrogens is 5. The highest BCUT2D eigenvalue weighted by atomic mass is 16.5. The molecule has 1 aliphatic heterocycles. The second-order valence-electron chi connectivity index (χ2n) is 6.63. The van der Waals surface area contributed by atoms with E-state index in [-0.39, 0.29) is 0 Å². The predicted molar refractivity (Wildman–Crippen MR) is 91.6 cm³/mol. The maximum atomic E-state index is 5.45. The van der Waals surface area contributed by atoms with Crippen LogP contribution in [0.1, 0.15) is 30.1 Å². The summed E-state index contributed by atoms with van der Waals surface area (Å²) in [6, 6.07) is 10.2. The molecular formula is C18H22N6O. The Labute approximate surface area is 146 Å². The van der Waals surface area contributed by atoms with Gasteiger partial charge in [0, 0.05) is 19.5 Å². The summed E-state index contributed by atoms with van der Waals surface area (Å²) < 4.78 is 7.37. The molecule has 1 aliphatic rings. The van der Waals surface area contributed by atoms with Gasteiger partial charge in [0.1, 0.15) is 12.7 Å². The van der Waals surface area contributed by atoms with Crippen molar-refractivity contribution in [2.75, 3.05) is 13.1 Å². The van der Waals surface area contributed by atoms with Crippen molar-refractivity contribution in [2.45, 2.75) is 32.4 Å². The lowest BCUT2D eigenvalue weighted by molar-refractivity contribution is 0.138. The maximum absolute atomic E-state index is 5.45. The van der Waals surface area contributed by atoms with E-state index in [1.165, 1.54) is 18.4 Å². The van der Waals surface area contributed by atoms with Crippen LogP contribution in [0.25, 0.3) is 0 Å². The lowest BCUT2D eigenvalue weighted by atomic mass is 9.98. The van der Waals surface area contributed by atoms with Gasteiger partial charge in [0.15, 0.2) is 5.82 Å². The molecule has 4 rings (SSSR count). The number of likely N-dealkylation sites (tertiary alicyclic amines) is 1. The number of benzene rings is 1. The van der Waals surface area contributed by atoms with Gasteiger partial charge in [-0.05, 0) is 30.9 Å². The van der Waals surface area contributed by atoms with Gasteiger partial charge in [-0.2, -0.15) is 10.1 Å². The summed E-state index contributed by atoms with van der Waals surface area (Å²) in [4.78, 5) is 11.0. The first kappa shape index (κ1) is 16.0. The molecule has 0 unspecified atom stereocenters. The smallest absolute Gasteiger partial charge is 0.240 e. The van der Waals surface area contributed by atoms with Crippen LogP contribution in [0.5, 0.6) is 0 Å². The average molecular weight is 338 g/mol. The highest BCUT2D eigenvalue weighted by Gasteiger charge is 2.22. The molecule has 0 aliphatic carbocycles. The van der Waals surface area contributed by atoms with Gasteiger partial charge < -0.3 is 4.52 Å². The fourth-order valence-electron chi connectivity index (χ4n) is 3.43.